The first-order chi connectivity index (χ1) is 9.52. The van der Waals surface area contributed by atoms with Crippen molar-refractivity contribution in [1.82, 2.24) is 5.32 Å². The minimum atomic E-state index is -0.931. The van der Waals surface area contributed by atoms with Gasteiger partial charge in [0, 0.05) is 7.11 Å². The van der Waals surface area contributed by atoms with Crippen LogP contribution in [0.25, 0.3) is 0 Å². The molecule has 1 unspecified atom stereocenters. The van der Waals surface area contributed by atoms with Gasteiger partial charge in [-0.05, 0) is 19.3 Å². The van der Waals surface area contributed by atoms with Gasteiger partial charge >= 0.3 is 0 Å². The third-order valence-corrected chi connectivity index (χ3v) is 3.58. The smallest absolute Gasteiger partial charge is 0.234 e. The van der Waals surface area contributed by atoms with Crippen LogP contribution in [-0.2, 0) is 9.53 Å². The number of carbonyl (C=O) groups is 1. The van der Waals surface area contributed by atoms with Crippen molar-refractivity contribution >= 4 is 11.7 Å². The van der Waals surface area contributed by atoms with Gasteiger partial charge in [0.15, 0.2) is 5.84 Å². The van der Waals surface area contributed by atoms with Crippen LogP contribution in [0.5, 0.6) is 0 Å². The Bertz CT molecular complexity index is 313. The number of methoxy groups -OCH3 is 1. The molecule has 0 aliphatic heterocycles. The largest absolute Gasteiger partial charge is 0.409 e. The maximum Gasteiger partial charge on any atom is 0.234 e. The van der Waals surface area contributed by atoms with Crippen LogP contribution in [0.15, 0.2) is 5.16 Å². The molecule has 118 valence electrons. The van der Waals surface area contributed by atoms with E-state index in [1.165, 1.54) is 0 Å². The Labute approximate surface area is 121 Å². The quantitative estimate of drug-likeness (QED) is 0.247. The second-order valence-electron chi connectivity index (χ2n) is 5.10. The summed E-state index contributed by atoms with van der Waals surface area (Å²) in [6.07, 6.45) is 3.46. The molecular weight excluding hydrogens is 258 g/mol. The Morgan fingerprint density at radius 2 is 1.90 bits per heavy atom. The van der Waals surface area contributed by atoms with Gasteiger partial charge in [-0.25, -0.2) is 0 Å². The zero-order valence-electron chi connectivity index (χ0n) is 13.1. The summed E-state index contributed by atoms with van der Waals surface area (Å²) in [6.45, 7) is 6.39. The van der Waals surface area contributed by atoms with Crippen LogP contribution in [0.2, 0.25) is 0 Å². The van der Waals surface area contributed by atoms with E-state index in [0.29, 0.717) is 19.4 Å². The van der Waals surface area contributed by atoms with Crippen LogP contribution >= 0.6 is 0 Å². The number of ether oxygens (including phenoxy) is 1. The zero-order chi connectivity index (χ0) is 15.6. The molecule has 0 aromatic carbocycles. The molecule has 0 aromatic rings. The van der Waals surface area contributed by atoms with E-state index in [1.54, 1.807) is 7.11 Å². The van der Waals surface area contributed by atoms with Gasteiger partial charge in [0.05, 0.1) is 12.6 Å². The summed E-state index contributed by atoms with van der Waals surface area (Å²) in [5.74, 6) is -0.189. The predicted molar refractivity (Wildman–Crippen MR) is 79.8 cm³/mol. The lowest BCUT2D eigenvalue weighted by molar-refractivity contribution is -0.129. The number of nitrogens with two attached hydrogens (primary N) is 1. The van der Waals surface area contributed by atoms with Crippen molar-refractivity contribution < 1.29 is 14.7 Å². The maximum absolute atomic E-state index is 12.7. The normalized spacial score (nSPS) is 14.1. The van der Waals surface area contributed by atoms with Crippen LogP contribution in [0.4, 0.5) is 0 Å². The third-order valence-electron chi connectivity index (χ3n) is 3.58. The van der Waals surface area contributed by atoms with Gasteiger partial charge in [-0.1, -0.05) is 38.8 Å². The number of hydrogen-bond donors (Lipinski definition) is 3. The van der Waals surface area contributed by atoms with Gasteiger partial charge in [-0.2, -0.15) is 0 Å². The molecule has 0 saturated heterocycles. The summed E-state index contributed by atoms with van der Waals surface area (Å²) < 4.78 is 5.09. The van der Waals surface area contributed by atoms with Crippen molar-refractivity contribution in [1.29, 1.82) is 0 Å². The van der Waals surface area contributed by atoms with Gasteiger partial charge < -0.3 is 21.0 Å². The zero-order valence-corrected chi connectivity index (χ0v) is 13.1. The van der Waals surface area contributed by atoms with E-state index in [1.807, 2.05) is 20.8 Å². The van der Waals surface area contributed by atoms with E-state index in [-0.39, 0.29) is 17.8 Å². The molecule has 0 fully saturated rings. The summed E-state index contributed by atoms with van der Waals surface area (Å²) in [5, 5.41) is 15.1. The molecule has 1 atom stereocenters. The second kappa shape index (κ2) is 9.58. The van der Waals surface area contributed by atoms with Crippen LogP contribution < -0.4 is 11.1 Å². The van der Waals surface area contributed by atoms with Crippen molar-refractivity contribution in [2.45, 2.75) is 58.9 Å². The monoisotopic (exact) mass is 287 g/mol. The summed E-state index contributed by atoms with van der Waals surface area (Å²) >= 11 is 0. The van der Waals surface area contributed by atoms with E-state index >= 15 is 0 Å². The molecule has 0 radical (unpaired) electrons. The third kappa shape index (κ3) is 4.67. The lowest BCUT2D eigenvalue weighted by Gasteiger charge is -2.32. The Hall–Kier alpha value is -1.30. The van der Waals surface area contributed by atoms with Crippen LogP contribution in [0.1, 0.15) is 52.9 Å². The highest BCUT2D eigenvalue weighted by Gasteiger charge is 2.42. The number of nitrogens with zero attached hydrogens (tertiary/aromatic N) is 1. The fourth-order valence-corrected chi connectivity index (χ4v) is 2.46. The average Bonchev–Trinajstić information content (AvgIpc) is 2.45. The van der Waals surface area contributed by atoms with Crippen molar-refractivity contribution in [2.75, 3.05) is 13.7 Å². The van der Waals surface area contributed by atoms with Gasteiger partial charge in [0.1, 0.15) is 5.41 Å². The molecular formula is C14H29N3O3. The molecule has 6 heteroatoms. The molecule has 0 aliphatic rings. The fraction of sp³-hybridized carbons (Fsp3) is 0.857. The number of rotatable bonds is 10. The second-order valence-corrected chi connectivity index (χ2v) is 5.10. The first-order valence-corrected chi connectivity index (χ1v) is 7.30. The SMILES string of the molecule is CCCC(CCC)(C(=O)NC(CC)COC)C(N)=NO. The highest BCUT2D eigenvalue weighted by Crippen LogP contribution is 2.31. The summed E-state index contributed by atoms with van der Waals surface area (Å²) in [6, 6.07) is -0.0629. The number of oxime groups is 1. The van der Waals surface area contributed by atoms with Crippen molar-refractivity contribution in [3.8, 4) is 0 Å². The molecule has 0 aliphatic carbocycles. The molecule has 0 aromatic heterocycles. The van der Waals surface area contributed by atoms with Gasteiger partial charge in [0.25, 0.3) is 0 Å². The molecule has 0 heterocycles. The van der Waals surface area contributed by atoms with Crippen LogP contribution in [0, 0.1) is 5.41 Å². The Kier molecular flexibility index (Phi) is 8.96. The molecule has 20 heavy (non-hydrogen) atoms. The van der Waals surface area contributed by atoms with Crippen LogP contribution in [-0.4, -0.2) is 36.7 Å². The highest BCUT2D eigenvalue weighted by molar-refractivity contribution is 6.06. The summed E-state index contributed by atoms with van der Waals surface area (Å²) in [4.78, 5) is 12.7. The standard InChI is InChI=1S/C14H29N3O3/c1-5-8-14(9-6-2,12(15)17-19)13(18)16-11(7-3)10-20-4/h11,19H,5-10H2,1-4H3,(H2,15,17)(H,16,18). The molecule has 0 bridgehead atoms. The lowest BCUT2D eigenvalue weighted by Crippen LogP contribution is -2.53. The first-order valence-electron chi connectivity index (χ1n) is 7.30. The molecule has 6 nitrogen and oxygen atoms in total. The number of hydrogen-bond acceptors (Lipinski definition) is 4. The lowest BCUT2D eigenvalue weighted by atomic mass is 9.77. The molecule has 0 spiro atoms. The van der Waals surface area contributed by atoms with Crippen molar-refractivity contribution in [3.05, 3.63) is 0 Å². The topological polar surface area (TPSA) is 96.9 Å². The Balaban J connectivity index is 5.22. The van der Waals surface area contributed by atoms with E-state index in [9.17, 15) is 4.79 Å². The van der Waals surface area contributed by atoms with Crippen molar-refractivity contribution in [3.63, 3.8) is 0 Å². The summed E-state index contributed by atoms with van der Waals surface area (Å²) in [5.41, 5.74) is 4.89. The predicted octanol–water partition coefficient (Wildman–Crippen LogP) is 1.86. The molecule has 4 N–H and O–H groups in total. The van der Waals surface area contributed by atoms with E-state index in [4.69, 9.17) is 15.7 Å². The van der Waals surface area contributed by atoms with Gasteiger partial charge in [-0.15, -0.1) is 0 Å². The molecule has 1 amide bonds. The Morgan fingerprint density at radius 1 is 1.35 bits per heavy atom. The Morgan fingerprint density at radius 3 is 2.25 bits per heavy atom. The fourth-order valence-electron chi connectivity index (χ4n) is 2.46. The van der Waals surface area contributed by atoms with Gasteiger partial charge in [-0.3, -0.25) is 4.79 Å². The number of amidine groups is 1. The van der Waals surface area contributed by atoms with E-state index in [0.717, 1.165) is 19.3 Å². The van der Waals surface area contributed by atoms with Gasteiger partial charge in [0.2, 0.25) is 5.91 Å². The number of carbonyl (C=O) groups excluding carboxylic acids is 1. The minimum absolute atomic E-state index is 0.00836. The average molecular weight is 287 g/mol. The highest BCUT2D eigenvalue weighted by atomic mass is 16.5. The number of nitrogens with one attached hydrogen (secondary N) is 1. The van der Waals surface area contributed by atoms with Crippen LogP contribution in [0.3, 0.4) is 0 Å². The minimum Gasteiger partial charge on any atom is -0.409 e. The number of amides is 1. The first kappa shape index (κ1) is 18.7. The van der Waals surface area contributed by atoms with E-state index in [2.05, 4.69) is 10.5 Å². The van der Waals surface area contributed by atoms with Crippen molar-refractivity contribution in [2.24, 2.45) is 16.3 Å². The maximum atomic E-state index is 12.7. The molecule has 0 rings (SSSR count). The molecule has 0 saturated carbocycles. The summed E-state index contributed by atoms with van der Waals surface area (Å²) in [7, 11) is 1.60. The van der Waals surface area contributed by atoms with E-state index < -0.39 is 5.41 Å².